The van der Waals surface area contributed by atoms with Crippen LogP contribution in [0, 0.1) is 50.7 Å². The van der Waals surface area contributed by atoms with Crippen molar-refractivity contribution in [3.8, 4) is 0 Å². The molecule has 13 atom stereocenters. The van der Waals surface area contributed by atoms with Gasteiger partial charge in [-0.3, -0.25) is 4.90 Å². The van der Waals surface area contributed by atoms with Crippen LogP contribution in [0.3, 0.4) is 0 Å². The van der Waals surface area contributed by atoms with Gasteiger partial charge in [-0.25, -0.2) is 0 Å². The summed E-state index contributed by atoms with van der Waals surface area (Å²) < 4.78 is 31.9. The lowest BCUT2D eigenvalue weighted by molar-refractivity contribution is -0.255. The van der Waals surface area contributed by atoms with Crippen molar-refractivity contribution in [1.29, 1.82) is 0 Å². The molecule has 46 heavy (non-hydrogen) atoms. The van der Waals surface area contributed by atoms with Crippen molar-refractivity contribution in [1.82, 2.24) is 4.90 Å². The molecule has 7 nitrogen and oxygen atoms in total. The summed E-state index contributed by atoms with van der Waals surface area (Å²) in [7, 11) is 0. The summed E-state index contributed by atoms with van der Waals surface area (Å²) in [4.78, 5) is 2.53. The minimum atomic E-state index is -0.918. The number of ether oxygens (including phenoxy) is 5. The Balaban J connectivity index is 1.00. The molecule has 0 aromatic heterocycles. The molecule has 262 valence electrons. The lowest BCUT2D eigenvalue weighted by atomic mass is 9.41. The minimum Gasteiger partial charge on any atom is -0.388 e. The molecule has 9 unspecified atom stereocenters. The summed E-state index contributed by atoms with van der Waals surface area (Å²) in [6.45, 7) is 23.7. The second-order valence-corrected chi connectivity index (χ2v) is 19.2. The topological polar surface area (TPSA) is 69.6 Å². The van der Waals surface area contributed by atoms with Crippen LogP contribution < -0.4 is 0 Å². The van der Waals surface area contributed by atoms with Crippen LogP contribution in [0.15, 0.2) is 0 Å². The molecule has 0 aromatic rings. The van der Waals surface area contributed by atoms with E-state index in [0.29, 0.717) is 40.7 Å². The number of rotatable bonds is 7. The lowest BCUT2D eigenvalue weighted by Gasteiger charge is -2.63. The van der Waals surface area contributed by atoms with Gasteiger partial charge in [0.05, 0.1) is 56.3 Å². The molecule has 3 aliphatic heterocycles. The molecule has 0 radical (unpaired) electrons. The van der Waals surface area contributed by atoms with Crippen molar-refractivity contribution in [2.75, 3.05) is 39.5 Å². The Morgan fingerprint density at radius 3 is 2.41 bits per heavy atom. The van der Waals surface area contributed by atoms with Gasteiger partial charge in [0.2, 0.25) is 0 Å². The number of hydrogen-bond acceptors (Lipinski definition) is 7. The smallest absolute Gasteiger partial charge is 0.170 e. The van der Waals surface area contributed by atoms with Gasteiger partial charge >= 0.3 is 0 Å². The fourth-order valence-corrected chi connectivity index (χ4v) is 14.4. The zero-order valence-electron chi connectivity index (χ0n) is 30.3. The van der Waals surface area contributed by atoms with E-state index in [-0.39, 0.29) is 41.5 Å². The van der Waals surface area contributed by atoms with Gasteiger partial charge in [-0.15, -0.1) is 0 Å². The zero-order valence-corrected chi connectivity index (χ0v) is 30.3. The summed E-state index contributed by atoms with van der Waals surface area (Å²) in [6.07, 6.45) is 11.6. The number of hydrogen-bond donors (Lipinski definition) is 1. The van der Waals surface area contributed by atoms with Crippen molar-refractivity contribution in [2.45, 2.75) is 156 Å². The summed E-state index contributed by atoms with van der Waals surface area (Å²) in [5, 5.41) is 11.1. The molecular formula is C39H65NO6. The van der Waals surface area contributed by atoms with Crippen molar-refractivity contribution in [3.63, 3.8) is 0 Å². The fourth-order valence-electron chi connectivity index (χ4n) is 14.4. The van der Waals surface area contributed by atoms with E-state index >= 15 is 0 Å². The molecule has 5 saturated carbocycles. The number of aliphatic hydroxyl groups is 1. The molecule has 7 heteroatoms. The van der Waals surface area contributed by atoms with E-state index in [1.54, 1.807) is 0 Å². The third-order valence-electron chi connectivity index (χ3n) is 16.5. The number of morpholine rings is 1. The standard InChI is InChI=1S/C39H65NO6/c1-9-43-33(35(5,6)41)26-18-24(2)32-27(45-26)19-37(8)29-11-10-28-34(3,4)30(46-31-20-40(16-17-44-31)25-21-42-22-25)12-13-38(28)23-39(29,38)15-14-36(32,37)7/h24-33,41H,9-23H2,1-8H3/t24-,26-,27-,28?,29?,30?,31?,32?,33?,36?,37+,38?,39?/m1/s1. The van der Waals surface area contributed by atoms with Gasteiger partial charge in [0, 0.05) is 13.2 Å². The van der Waals surface area contributed by atoms with Gasteiger partial charge in [0.15, 0.2) is 6.29 Å². The third kappa shape index (κ3) is 4.46. The van der Waals surface area contributed by atoms with Crippen LogP contribution in [0.1, 0.15) is 113 Å². The first-order valence-corrected chi connectivity index (χ1v) is 19.3. The van der Waals surface area contributed by atoms with E-state index in [0.717, 1.165) is 51.2 Å². The highest BCUT2D eigenvalue weighted by molar-refractivity contribution is 5.31. The molecule has 0 bridgehead atoms. The predicted octanol–water partition coefficient (Wildman–Crippen LogP) is 6.45. The van der Waals surface area contributed by atoms with Crippen molar-refractivity contribution in [2.24, 2.45) is 50.7 Å². The van der Waals surface area contributed by atoms with Crippen LogP contribution in [0.4, 0.5) is 0 Å². The molecule has 8 rings (SSSR count). The van der Waals surface area contributed by atoms with E-state index in [4.69, 9.17) is 23.7 Å². The van der Waals surface area contributed by atoms with Crippen LogP contribution in [0.25, 0.3) is 0 Å². The van der Waals surface area contributed by atoms with Crippen LogP contribution in [0.2, 0.25) is 0 Å². The largest absolute Gasteiger partial charge is 0.388 e. The first-order valence-electron chi connectivity index (χ1n) is 19.3. The fraction of sp³-hybridized carbons (Fsp3) is 1.00. The van der Waals surface area contributed by atoms with E-state index in [9.17, 15) is 5.11 Å². The highest BCUT2D eigenvalue weighted by Crippen LogP contribution is 2.89. The highest BCUT2D eigenvalue weighted by Gasteiger charge is 2.83. The Hall–Kier alpha value is -0.280. The Labute approximate surface area is 279 Å². The van der Waals surface area contributed by atoms with Crippen molar-refractivity contribution < 1.29 is 28.8 Å². The predicted molar refractivity (Wildman–Crippen MR) is 177 cm³/mol. The first kappa shape index (κ1) is 32.9. The van der Waals surface area contributed by atoms with Gasteiger partial charge in [-0.05, 0) is 129 Å². The molecule has 3 heterocycles. The first-order chi connectivity index (χ1) is 21.7. The molecule has 1 N–H and O–H groups in total. The maximum atomic E-state index is 11.1. The maximum Gasteiger partial charge on any atom is 0.170 e. The molecule has 8 aliphatic rings. The molecule has 0 amide bonds. The average molecular weight is 644 g/mol. The molecule has 2 spiro atoms. The quantitative estimate of drug-likeness (QED) is 0.342. The number of fused-ring (bicyclic) bond motifs is 4. The molecule has 8 fully saturated rings. The van der Waals surface area contributed by atoms with Gasteiger partial charge in [0.1, 0.15) is 6.10 Å². The Morgan fingerprint density at radius 2 is 1.72 bits per heavy atom. The van der Waals surface area contributed by atoms with Crippen LogP contribution in [-0.2, 0) is 23.7 Å². The summed E-state index contributed by atoms with van der Waals surface area (Å²) in [5.41, 5.74) is 0.798. The SMILES string of the molecule is CCOC([C@H]1C[C@@H](C)C2[C@@H](C[C@@]3(C)C4CCC5C(C)(C)C(OC6CN(C7COC7)CCO6)CCC56CC46CCC23C)O1)C(C)(C)O. The van der Waals surface area contributed by atoms with Crippen LogP contribution in [0.5, 0.6) is 0 Å². The molecule has 3 saturated heterocycles. The molecule has 0 aromatic carbocycles. The Morgan fingerprint density at radius 1 is 0.978 bits per heavy atom. The third-order valence-corrected chi connectivity index (χ3v) is 16.5. The van der Waals surface area contributed by atoms with Gasteiger partial charge in [-0.2, -0.15) is 0 Å². The maximum absolute atomic E-state index is 11.1. The Bertz CT molecular complexity index is 1170. The molecular weight excluding hydrogens is 578 g/mol. The zero-order chi connectivity index (χ0) is 32.5. The second-order valence-electron chi connectivity index (χ2n) is 19.2. The van der Waals surface area contributed by atoms with Crippen LogP contribution in [-0.4, -0.2) is 91.9 Å². The van der Waals surface area contributed by atoms with E-state index < -0.39 is 5.60 Å². The van der Waals surface area contributed by atoms with Gasteiger partial charge in [0.25, 0.3) is 0 Å². The monoisotopic (exact) mass is 643 g/mol. The van der Waals surface area contributed by atoms with Gasteiger partial charge in [-0.1, -0.05) is 34.6 Å². The van der Waals surface area contributed by atoms with E-state index in [1.165, 1.54) is 51.4 Å². The van der Waals surface area contributed by atoms with Crippen molar-refractivity contribution >= 4 is 0 Å². The van der Waals surface area contributed by atoms with Gasteiger partial charge < -0.3 is 28.8 Å². The average Bonchev–Trinajstić information content (AvgIpc) is 3.55. The minimum absolute atomic E-state index is 0.0427. The lowest BCUT2D eigenvalue weighted by Crippen LogP contribution is -2.59. The Kier molecular flexibility index (Phi) is 7.77. The second kappa shape index (κ2) is 10.9. The highest BCUT2D eigenvalue weighted by atomic mass is 16.7. The molecule has 5 aliphatic carbocycles. The van der Waals surface area contributed by atoms with E-state index in [2.05, 4.69) is 39.5 Å². The summed E-state index contributed by atoms with van der Waals surface area (Å²) >= 11 is 0. The summed E-state index contributed by atoms with van der Waals surface area (Å²) in [5.74, 6) is 2.66. The van der Waals surface area contributed by atoms with Crippen LogP contribution >= 0.6 is 0 Å². The normalized spacial score (nSPS) is 52.4. The van der Waals surface area contributed by atoms with Crippen molar-refractivity contribution in [3.05, 3.63) is 0 Å². The number of nitrogens with zero attached hydrogens (tertiary/aromatic N) is 1. The summed E-state index contributed by atoms with van der Waals surface area (Å²) in [6, 6.07) is 0.545. The van der Waals surface area contributed by atoms with E-state index in [1.807, 2.05) is 20.8 Å².